The zero-order valence-electron chi connectivity index (χ0n) is 15.4. The van der Waals surface area contributed by atoms with E-state index in [0.717, 1.165) is 33.6 Å². The predicted octanol–water partition coefficient (Wildman–Crippen LogP) is 3.75. The van der Waals surface area contributed by atoms with Crippen LogP contribution in [0.3, 0.4) is 0 Å². The van der Waals surface area contributed by atoms with Crippen LogP contribution in [0.5, 0.6) is 5.75 Å². The summed E-state index contributed by atoms with van der Waals surface area (Å²) in [5.41, 5.74) is 3.61. The first-order chi connectivity index (χ1) is 13.2. The maximum absolute atomic E-state index is 5.41. The molecule has 0 atom stereocenters. The molecule has 0 N–H and O–H groups in total. The summed E-state index contributed by atoms with van der Waals surface area (Å²) < 4.78 is 7.32. The van der Waals surface area contributed by atoms with Crippen molar-refractivity contribution >= 4 is 10.9 Å². The van der Waals surface area contributed by atoms with E-state index in [0.29, 0.717) is 11.6 Å². The smallest absolute Gasteiger partial charge is 0.206 e. The summed E-state index contributed by atoms with van der Waals surface area (Å²) in [4.78, 5) is 13.7. The summed E-state index contributed by atoms with van der Waals surface area (Å²) in [6, 6.07) is 15.8. The fourth-order valence-electron chi connectivity index (χ4n) is 3.00. The largest absolute Gasteiger partial charge is 0.496 e. The van der Waals surface area contributed by atoms with Gasteiger partial charge in [-0.25, -0.2) is 15.0 Å². The van der Waals surface area contributed by atoms with Gasteiger partial charge in [-0.05, 0) is 30.9 Å². The summed E-state index contributed by atoms with van der Waals surface area (Å²) >= 11 is 0. The van der Waals surface area contributed by atoms with Gasteiger partial charge in [-0.1, -0.05) is 36.4 Å². The van der Waals surface area contributed by atoms with Gasteiger partial charge in [0.15, 0.2) is 5.82 Å². The van der Waals surface area contributed by atoms with E-state index < -0.39 is 0 Å². The number of ether oxygens (including phenoxy) is 1. The molecule has 0 spiro atoms. The molecule has 4 aromatic rings. The number of aryl methyl sites for hydroxylation is 2. The number of fused-ring (bicyclic) bond motifs is 1. The average molecular weight is 354 g/mol. The van der Waals surface area contributed by atoms with Crippen molar-refractivity contribution in [1.29, 1.82) is 0 Å². The van der Waals surface area contributed by atoms with E-state index in [9.17, 15) is 0 Å². The highest BCUT2D eigenvalue weighted by atomic mass is 16.5. The Balaban J connectivity index is 1.72. The minimum absolute atomic E-state index is 0.470. The minimum Gasteiger partial charge on any atom is -0.496 e. The van der Waals surface area contributed by atoms with E-state index in [-0.39, 0.29) is 0 Å². The number of rotatable bonds is 2. The number of methoxy groups -OCH3 is 1. The van der Waals surface area contributed by atoms with E-state index in [1.165, 1.54) is 0 Å². The second kappa shape index (κ2) is 6.93. The van der Waals surface area contributed by atoms with Gasteiger partial charge in [0.25, 0.3) is 0 Å². The number of imidazole rings is 1. The van der Waals surface area contributed by atoms with E-state index in [2.05, 4.69) is 26.8 Å². The minimum atomic E-state index is 0.470. The molecule has 0 fully saturated rings. The molecule has 132 valence electrons. The standard InChI is InChI=1S/C22H18N4O/c1-15-22-17(10-7-11-19(22)27-3)24-20(23-15)12-13-21-25-18(14-26(21)2)16-8-5-4-6-9-16/h4-11,14H,1-3H3. The zero-order valence-corrected chi connectivity index (χ0v) is 15.4. The van der Waals surface area contributed by atoms with Gasteiger partial charge in [-0.15, -0.1) is 0 Å². The molecule has 5 heteroatoms. The molecule has 27 heavy (non-hydrogen) atoms. The Morgan fingerprint density at radius 1 is 0.926 bits per heavy atom. The van der Waals surface area contributed by atoms with E-state index >= 15 is 0 Å². The van der Waals surface area contributed by atoms with Crippen LogP contribution >= 0.6 is 0 Å². The molecule has 0 saturated heterocycles. The number of nitrogens with zero attached hydrogens (tertiary/aromatic N) is 4. The lowest BCUT2D eigenvalue weighted by atomic mass is 10.1. The van der Waals surface area contributed by atoms with Crippen molar-refractivity contribution in [2.45, 2.75) is 6.92 Å². The van der Waals surface area contributed by atoms with E-state index in [1.807, 2.05) is 73.3 Å². The number of hydrogen-bond donors (Lipinski definition) is 0. The molecule has 2 aromatic carbocycles. The van der Waals surface area contributed by atoms with Crippen LogP contribution in [-0.4, -0.2) is 26.6 Å². The average Bonchev–Trinajstić information content (AvgIpc) is 3.07. The fraction of sp³-hybridized carbons (Fsp3) is 0.136. The van der Waals surface area contributed by atoms with Crippen LogP contribution in [0.4, 0.5) is 0 Å². The molecule has 0 radical (unpaired) electrons. The van der Waals surface area contributed by atoms with E-state index in [1.54, 1.807) is 7.11 Å². The molecule has 4 rings (SSSR count). The highest BCUT2D eigenvalue weighted by Gasteiger charge is 2.09. The SMILES string of the molecule is COc1cccc2nc(C#Cc3nc(-c4ccccc4)cn3C)nc(C)c12. The van der Waals surface area contributed by atoms with Gasteiger partial charge >= 0.3 is 0 Å². The van der Waals surface area contributed by atoms with Gasteiger partial charge in [0.05, 0.1) is 29.4 Å². The van der Waals surface area contributed by atoms with Gasteiger partial charge in [0, 0.05) is 18.8 Å². The molecule has 0 aliphatic rings. The van der Waals surface area contributed by atoms with Crippen LogP contribution in [0.15, 0.2) is 54.7 Å². The van der Waals surface area contributed by atoms with Crippen LogP contribution in [0.1, 0.15) is 17.3 Å². The summed E-state index contributed by atoms with van der Waals surface area (Å²) in [6.07, 6.45) is 1.97. The van der Waals surface area contributed by atoms with E-state index in [4.69, 9.17) is 4.74 Å². The van der Waals surface area contributed by atoms with Crippen molar-refractivity contribution in [3.05, 3.63) is 72.1 Å². The maximum atomic E-state index is 5.41. The van der Waals surface area contributed by atoms with Gasteiger partial charge < -0.3 is 9.30 Å². The Labute approximate surface area is 157 Å². The Morgan fingerprint density at radius 3 is 2.52 bits per heavy atom. The zero-order chi connectivity index (χ0) is 18.8. The third-order valence-electron chi connectivity index (χ3n) is 4.32. The van der Waals surface area contributed by atoms with Gasteiger partial charge in [0.2, 0.25) is 5.82 Å². The highest BCUT2D eigenvalue weighted by Crippen LogP contribution is 2.26. The molecule has 0 aliphatic carbocycles. The Hall–Kier alpha value is -3.65. The molecule has 2 aromatic heterocycles. The molecular weight excluding hydrogens is 336 g/mol. The topological polar surface area (TPSA) is 52.8 Å². The Kier molecular flexibility index (Phi) is 4.31. The normalized spacial score (nSPS) is 10.5. The summed E-state index contributed by atoms with van der Waals surface area (Å²) in [6.45, 7) is 1.94. The predicted molar refractivity (Wildman–Crippen MR) is 105 cm³/mol. The van der Waals surface area contributed by atoms with Crippen LogP contribution in [0.25, 0.3) is 22.2 Å². The van der Waals surface area contributed by atoms with Crippen LogP contribution in [-0.2, 0) is 7.05 Å². The van der Waals surface area contributed by atoms with Crippen molar-refractivity contribution in [1.82, 2.24) is 19.5 Å². The molecule has 2 heterocycles. The van der Waals surface area contributed by atoms with Gasteiger partial charge in [0.1, 0.15) is 5.75 Å². The molecule has 5 nitrogen and oxygen atoms in total. The lowest BCUT2D eigenvalue weighted by molar-refractivity contribution is 0.419. The van der Waals surface area contributed by atoms with Crippen LogP contribution < -0.4 is 4.74 Å². The molecule has 0 amide bonds. The first-order valence-corrected chi connectivity index (χ1v) is 8.58. The summed E-state index contributed by atoms with van der Waals surface area (Å²) in [5.74, 6) is 8.03. The van der Waals surface area contributed by atoms with Crippen LogP contribution in [0, 0.1) is 18.8 Å². The molecule has 0 unspecified atom stereocenters. The summed E-state index contributed by atoms with van der Waals surface area (Å²) in [7, 11) is 3.58. The van der Waals surface area contributed by atoms with Crippen molar-refractivity contribution in [3.8, 4) is 28.8 Å². The molecule has 0 aliphatic heterocycles. The highest BCUT2D eigenvalue weighted by molar-refractivity contribution is 5.87. The van der Waals surface area contributed by atoms with Crippen molar-refractivity contribution < 1.29 is 4.74 Å². The quantitative estimate of drug-likeness (QED) is 0.515. The van der Waals surface area contributed by atoms with Gasteiger partial charge in [-0.3, -0.25) is 0 Å². The molecular formula is C22H18N4O. The number of benzene rings is 2. The first-order valence-electron chi connectivity index (χ1n) is 8.58. The second-order valence-electron chi connectivity index (χ2n) is 6.16. The monoisotopic (exact) mass is 354 g/mol. The Bertz CT molecular complexity index is 1180. The number of hydrogen-bond acceptors (Lipinski definition) is 4. The lowest BCUT2D eigenvalue weighted by Gasteiger charge is -2.07. The fourth-order valence-corrected chi connectivity index (χ4v) is 3.00. The Morgan fingerprint density at radius 2 is 1.74 bits per heavy atom. The van der Waals surface area contributed by atoms with Gasteiger partial charge in [-0.2, -0.15) is 0 Å². The number of aromatic nitrogens is 4. The molecule has 0 saturated carbocycles. The van der Waals surface area contributed by atoms with Crippen molar-refractivity contribution in [3.63, 3.8) is 0 Å². The summed E-state index contributed by atoms with van der Waals surface area (Å²) in [5, 5.41) is 0.911. The van der Waals surface area contributed by atoms with Crippen molar-refractivity contribution in [2.24, 2.45) is 7.05 Å². The maximum Gasteiger partial charge on any atom is 0.206 e. The third kappa shape index (κ3) is 3.25. The second-order valence-corrected chi connectivity index (χ2v) is 6.16. The van der Waals surface area contributed by atoms with Crippen molar-refractivity contribution in [2.75, 3.05) is 7.11 Å². The third-order valence-corrected chi connectivity index (χ3v) is 4.32. The first kappa shape index (κ1) is 16.8. The molecule has 0 bridgehead atoms. The lowest BCUT2D eigenvalue weighted by Crippen LogP contribution is -1.97. The van der Waals surface area contributed by atoms with Crippen LogP contribution in [0.2, 0.25) is 0 Å².